The molecule has 1 aromatic carbocycles. The van der Waals surface area contributed by atoms with Crippen molar-refractivity contribution in [2.45, 2.75) is 25.1 Å². The monoisotopic (exact) mass is 265 g/mol. The van der Waals surface area contributed by atoms with E-state index in [1.54, 1.807) is 0 Å². The molecule has 0 aliphatic carbocycles. The van der Waals surface area contributed by atoms with E-state index in [0.717, 1.165) is 13.0 Å². The first-order chi connectivity index (χ1) is 7.67. The largest absolute Gasteiger partial charge is 0.411 e. The highest BCUT2D eigenvalue weighted by Crippen LogP contribution is 2.40. The summed E-state index contributed by atoms with van der Waals surface area (Å²) in [4.78, 5) is 11.0. The van der Waals surface area contributed by atoms with Crippen LogP contribution in [0.4, 0.5) is 13.2 Å². The zero-order valence-electron chi connectivity index (χ0n) is 9.01. The molecule has 6 heteroatoms. The number of halogens is 4. The second-order valence-corrected chi connectivity index (χ2v) is 4.29. The maximum atomic E-state index is 13.0. The van der Waals surface area contributed by atoms with E-state index in [1.165, 1.54) is 18.2 Å². The van der Waals surface area contributed by atoms with Gasteiger partial charge in [-0.2, -0.15) is 13.2 Å². The van der Waals surface area contributed by atoms with Crippen LogP contribution in [0.15, 0.2) is 24.3 Å². The Morgan fingerprint density at radius 1 is 1.41 bits per heavy atom. The van der Waals surface area contributed by atoms with Gasteiger partial charge in [-0.25, -0.2) is 0 Å². The van der Waals surface area contributed by atoms with E-state index in [9.17, 15) is 18.0 Å². The summed E-state index contributed by atoms with van der Waals surface area (Å²) >= 11 is 5.63. The molecule has 0 aliphatic heterocycles. The molecular weight excluding hydrogens is 255 g/mol. The lowest BCUT2D eigenvalue weighted by molar-refractivity contribution is -0.192. The Morgan fingerprint density at radius 3 is 2.41 bits per heavy atom. The zero-order valence-corrected chi connectivity index (χ0v) is 9.77. The molecule has 1 atom stereocenters. The summed E-state index contributed by atoms with van der Waals surface area (Å²) in [6.07, 6.45) is -5.53. The average Bonchev–Trinajstić information content (AvgIpc) is 2.14. The molecule has 1 aromatic rings. The minimum absolute atomic E-state index is 0.144. The van der Waals surface area contributed by atoms with Gasteiger partial charge in [-0.3, -0.25) is 4.79 Å². The second-order valence-electron chi connectivity index (χ2n) is 3.86. The van der Waals surface area contributed by atoms with Crippen molar-refractivity contribution in [3.8, 4) is 0 Å². The molecule has 1 rings (SSSR count). The van der Waals surface area contributed by atoms with Crippen LogP contribution in [0.2, 0.25) is 5.02 Å². The van der Waals surface area contributed by atoms with Gasteiger partial charge in [0.1, 0.15) is 11.3 Å². The number of carbonyl (C=O) groups excluding carboxylic acids is 1. The van der Waals surface area contributed by atoms with Gasteiger partial charge in [-0.05, 0) is 24.6 Å². The number of Topliss-reactive ketones (excluding diaryl/α,β-unsaturated/α-hetero) is 1. The Kier molecular flexibility index (Phi) is 3.84. The summed E-state index contributed by atoms with van der Waals surface area (Å²) in [6, 6.07) is 5.14. The predicted octanol–water partition coefficient (Wildman–Crippen LogP) is 3.04. The van der Waals surface area contributed by atoms with Gasteiger partial charge in [0.2, 0.25) is 0 Å². The van der Waals surface area contributed by atoms with E-state index < -0.39 is 23.9 Å². The van der Waals surface area contributed by atoms with Gasteiger partial charge < -0.3 is 5.73 Å². The Balaban J connectivity index is 3.29. The number of hydrogen-bond acceptors (Lipinski definition) is 2. The Morgan fingerprint density at radius 2 is 2.00 bits per heavy atom. The third-order valence-electron chi connectivity index (χ3n) is 2.37. The molecule has 2 N–H and O–H groups in total. The number of rotatable bonds is 3. The highest BCUT2D eigenvalue weighted by molar-refractivity contribution is 6.30. The zero-order chi connectivity index (χ0) is 13.3. The van der Waals surface area contributed by atoms with Crippen LogP contribution in [0.5, 0.6) is 0 Å². The molecule has 0 unspecified atom stereocenters. The molecule has 0 aliphatic rings. The van der Waals surface area contributed by atoms with Crippen molar-refractivity contribution in [1.29, 1.82) is 0 Å². The topological polar surface area (TPSA) is 43.1 Å². The summed E-state index contributed by atoms with van der Waals surface area (Å²) < 4.78 is 38.9. The van der Waals surface area contributed by atoms with Gasteiger partial charge in [-0.1, -0.05) is 23.7 Å². The van der Waals surface area contributed by atoms with Crippen molar-refractivity contribution in [2.75, 3.05) is 0 Å². The molecule has 2 nitrogen and oxygen atoms in total. The molecule has 17 heavy (non-hydrogen) atoms. The smallest absolute Gasteiger partial charge is 0.314 e. The fourth-order valence-electron chi connectivity index (χ4n) is 1.52. The molecule has 0 heterocycles. The van der Waals surface area contributed by atoms with Crippen molar-refractivity contribution in [3.63, 3.8) is 0 Å². The standard InChI is InChI=1S/C11H11ClF3NO/c1-7(17)6-10(16,11(13,14)15)8-3-2-4-9(12)5-8/h2-5H,6,16H2,1H3/t10-/m1/s1. The molecule has 0 fully saturated rings. The highest BCUT2D eigenvalue weighted by atomic mass is 35.5. The van der Waals surface area contributed by atoms with Gasteiger partial charge in [-0.15, -0.1) is 0 Å². The number of hydrogen-bond donors (Lipinski definition) is 1. The highest BCUT2D eigenvalue weighted by Gasteiger charge is 2.53. The summed E-state index contributed by atoms with van der Waals surface area (Å²) in [5.41, 5.74) is 2.46. The van der Waals surface area contributed by atoms with Gasteiger partial charge >= 0.3 is 6.18 Å². The van der Waals surface area contributed by atoms with Crippen LogP contribution < -0.4 is 5.73 Å². The first-order valence-electron chi connectivity index (χ1n) is 4.78. The quantitative estimate of drug-likeness (QED) is 0.913. The third kappa shape index (κ3) is 2.98. The van der Waals surface area contributed by atoms with Gasteiger partial charge in [0, 0.05) is 11.4 Å². The summed E-state index contributed by atoms with van der Waals surface area (Å²) in [7, 11) is 0. The molecule has 0 bridgehead atoms. The lowest BCUT2D eigenvalue weighted by Crippen LogP contribution is -2.51. The number of carbonyl (C=O) groups is 1. The minimum Gasteiger partial charge on any atom is -0.314 e. The fraction of sp³-hybridized carbons (Fsp3) is 0.364. The fourth-order valence-corrected chi connectivity index (χ4v) is 1.71. The van der Waals surface area contributed by atoms with Gasteiger partial charge in [0.25, 0.3) is 0 Å². The van der Waals surface area contributed by atoms with Gasteiger partial charge in [0.15, 0.2) is 0 Å². The van der Waals surface area contributed by atoms with Crippen molar-refractivity contribution >= 4 is 17.4 Å². The molecule has 0 spiro atoms. The first-order valence-corrected chi connectivity index (χ1v) is 5.16. The summed E-state index contributed by atoms with van der Waals surface area (Å²) in [5, 5.41) is 0.144. The molecule has 0 aromatic heterocycles. The van der Waals surface area contributed by atoms with Crippen molar-refractivity contribution < 1.29 is 18.0 Å². The Labute approximate surface area is 102 Å². The Hall–Kier alpha value is -1.07. The van der Waals surface area contributed by atoms with Crippen molar-refractivity contribution in [3.05, 3.63) is 34.9 Å². The van der Waals surface area contributed by atoms with Crippen LogP contribution in [-0.2, 0) is 10.3 Å². The van der Waals surface area contributed by atoms with Crippen LogP contribution >= 0.6 is 11.6 Å². The Bertz CT molecular complexity index is 433. The molecule has 0 amide bonds. The number of alkyl halides is 3. The van der Waals surface area contributed by atoms with E-state index in [0.29, 0.717) is 0 Å². The SMILES string of the molecule is CC(=O)C[C@@](N)(c1cccc(Cl)c1)C(F)(F)F. The predicted molar refractivity (Wildman–Crippen MR) is 58.7 cm³/mol. The van der Waals surface area contributed by atoms with Crippen LogP contribution in [0.3, 0.4) is 0 Å². The molecule has 0 saturated heterocycles. The third-order valence-corrected chi connectivity index (χ3v) is 2.61. The minimum atomic E-state index is -4.72. The maximum absolute atomic E-state index is 13.0. The number of benzene rings is 1. The lowest BCUT2D eigenvalue weighted by atomic mass is 9.85. The van der Waals surface area contributed by atoms with Crippen molar-refractivity contribution in [1.82, 2.24) is 0 Å². The number of ketones is 1. The second kappa shape index (κ2) is 4.66. The number of nitrogens with two attached hydrogens (primary N) is 1. The van der Waals surface area contributed by atoms with Crippen LogP contribution in [0.25, 0.3) is 0 Å². The van der Waals surface area contributed by atoms with Gasteiger partial charge in [0.05, 0.1) is 0 Å². The molecule has 94 valence electrons. The van der Waals surface area contributed by atoms with Crippen molar-refractivity contribution in [2.24, 2.45) is 5.73 Å². The summed E-state index contributed by atoms with van der Waals surface area (Å²) in [5.74, 6) is -0.634. The summed E-state index contributed by atoms with van der Waals surface area (Å²) in [6.45, 7) is 1.07. The van der Waals surface area contributed by atoms with Crippen LogP contribution in [-0.4, -0.2) is 12.0 Å². The van der Waals surface area contributed by atoms with E-state index >= 15 is 0 Å². The normalized spacial score (nSPS) is 15.4. The van der Waals surface area contributed by atoms with E-state index in [4.69, 9.17) is 17.3 Å². The molecule has 0 radical (unpaired) electrons. The maximum Gasteiger partial charge on any atom is 0.411 e. The van der Waals surface area contributed by atoms with Crippen LogP contribution in [0.1, 0.15) is 18.9 Å². The van der Waals surface area contributed by atoms with E-state index in [-0.39, 0.29) is 10.6 Å². The van der Waals surface area contributed by atoms with Crippen LogP contribution in [0, 0.1) is 0 Å². The van der Waals surface area contributed by atoms with E-state index in [2.05, 4.69) is 0 Å². The van der Waals surface area contributed by atoms with E-state index in [1.807, 2.05) is 0 Å². The average molecular weight is 266 g/mol. The first kappa shape index (κ1) is 14.0. The molecule has 0 saturated carbocycles. The lowest BCUT2D eigenvalue weighted by Gasteiger charge is -2.31. The molecular formula is C11H11ClF3NO.